The summed E-state index contributed by atoms with van der Waals surface area (Å²) in [6.45, 7) is 9.17. The summed E-state index contributed by atoms with van der Waals surface area (Å²) < 4.78 is 0. The first-order valence-corrected chi connectivity index (χ1v) is 5.25. The molecule has 0 heterocycles. The Morgan fingerprint density at radius 3 is 2.00 bits per heavy atom. The molecule has 0 aliphatic heterocycles. The first-order chi connectivity index (χ1) is 6.70. The van der Waals surface area contributed by atoms with E-state index in [0.717, 1.165) is 0 Å². The standard InChI is InChI=1S/C11H22N2O2/c1-7(2)10(15)13-8(6-12)9(14)11(3,4)5/h7-8H,6,12H2,1-5H3,(H,13,15)/t8-/m0/s1. The molecule has 0 radical (unpaired) electrons. The lowest BCUT2D eigenvalue weighted by atomic mass is 9.86. The van der Waals surface area contributed by atoms with Gasteiger partial charge in [-0.1, -0.05) is 34.6 Å². The highest BCUT2D eigenvalue weighted by atomic mass is 16.2. The van der Waals surface area contributed by atoms with Gasteiger partial charge in [-0.3, -0.25) is 9.59 Å². The molecule has 15 heavy (non-hydrogen) atoms. The van der Waals surface area contributed by atoms with Crippen molar-refractivity contribution in [1.29, 1.82) is 0 Å². The van der Waals surface area contributed by atoms with Crippen LogP contribution in [0.25, 0.3) is 0 Å². The number of ketones is 1. The highest BCUT2D eigenvalue weighted by Gasteiger charge is 2.30. The molecule has 3 N–H and O–H groups in total. The van der Waals surface area contributed by atoms with Gasteiger partial charge in [-0.15, -0.1) is 0 Å². The summed E-state index contributed by atoms with van der Waals surface area (Å²) in [5, 5.41) is 2.66. The molecule has 4 heteroatoms. The SMILES string of the molecule is CC(C)C(=O)N[C@@H](CN)C(=O)C(C)(C)C. The fraction of sp³-hybridized carbons (Fsp3) is 0.818. The molecule has 0 aliphatic carbocycles. The molecule has 4 nitrogen and oxygen atoms in total. The zero-order valence-electron chi connectivity index (χ0n) is 10.3. The lowest BCUT2D eigenvalue weighted by molar-refractivity contribution is -0.133. The number of amides is 1. The van der Waals surface area contributed by atoms with E-state index in [-0.39, 0.29) is 24.2 Å². The van der Waals surface area contributed by atoms with Gasteiger partial charge in [-0.05, 0) is 0 Å². The van der Waals surface area contributed by atoms with Crippen LogP contribution in [0.1, 0.15) is 34.6 Å². The van der Waals surface area contributed by atoms with E-state index in [2.05, 4.69) is 5.32 Å². The third kappa shape index (κ3) is 4.42. The minimum Gasteiger partial charge on any atom is -0.345 e. The van der Waals surface area contributed by atoms with Crippen LogP contribution in [-0.4, -0.2) is 24.3 Å². The lowest BCUT2D eigenvalue weighted by Crippen LogP contribution is -2.50. The molecular formula is C11H22N2O2. The average molecular weight is 214 g/mol. The minimum atomic E-state index is -0.570. The first-order valence-electron chi connectivity index (χ1n) is 5.25. The summed E-state index contributed by atoms with van der Waals surface area (Å²) in [4.78, 5) is 23.3. The van der Waals surface area contributed by atoms with Crippen molar-refractivity contribution < 1.29 is 9.59 Å². The number of hydrogen-bond acceptors (Lipinski definition) is 3. The predicted octanol–water partition coefficient (Wildman–Crippen LogP) is 0.701. The quantitative estimate of drug-likeness (QED) is 0.723. The van der Waals surface area contributed by atoms with Gasteiger partial charge in [-0.25, -0.2) is 0 Å². The van der Waals surface area contributed by atoms with Crippen LogP contribution in [0.2, 0.25) is 0 Å². The van der Waals surface area contributed by atoms with E-state index in [1.807, 2.05) is 20.8 Å². The molecule has 0 unspecified atom stereocenters. The molecule has 0 spiro atoms. The van der Waals surface area contributed by atoms with Crippen LogP contribution in [0.4, 0.5) is 0 Å². The Morgan fingerprint density at radius 2 is 1.73 bits per heavy atom. The molecule has 1 atom stereocenters. The van der Waals surface area contributed by atoms with E-state index < -0.39 is 11.5 Å². The highest BCUT2D eigenvalue weighted by Crippen LogP contribution is 2.16. The summed E-state index contributed by atoms with van der Waals surface area (Å²) >= 11 is 0. The van der Waals surface area contributed by atoms with E-state index in [1.54, 1.807) is 13.8 Å². The first kappa shape index (κ1) is 14.1. The zero-order chi connectivity index (χ0) is 12.2. The second-order valence-corrected chi connectivity index (χ2v) is 5.07. The van der Waals surface area contributed by atoms with Crippen molar-refractivity contribution in [3.8, 4) is 0 Å². The van der Waals surface area contributed by atoms with Crippen LogP contribution in [0.3, 0.4) is 0 Å². The molecule has 0 aliphatic rings. The van der Waals surface area contributed by atoms with Gasteiger partial charge in [0.05, 0.1) is 0 Å². The largest absolute Gasteiger partial charge is 0.345 e. The van der Waals surface area contributed by atoms with Crippen LogP contribution in [-0.2, 0) is 9.59 Å². The number of carbonyl (C=O) groups is 2. The molecule has 0 aromatic rings. The smallest absolute Gasteiger partial charge is 0.223 e. The molecule has 0 fully saturated rings. The van der Waals surface area contributed by atoms with Crippen molar-refractivity contribution >= 4 is 11.7 Å². The molecule has 0 saturated carbocycles. The summed E-state index contributed by atoms with van der Waals surface area (Å²) in [5.41, 5.74) is 5.01. The Kier molecular flexibility index (Phi) is 4.94. The van der Waals surface area contributed by atoms with E-state index in [0.29, 0.717) is 0 Å². The molecular weight excluding hydrogens is 192 g/mol. The van der Waals surface area contributed by atoms with Crippen molar-refractivity contribution in [2.45, 2.75) is 40.7 Å². The van der Waals surface area contributed by atoms with Crippen molar-refractivity contribution in [2.24, 2.45) is 17.1 Å². The van der Waals surface area contributed by atoms with Crippen LogP contribution >= 0.6 is 0 Å². The molecule has 0 bridgehead atoms. The van der Waals surface area contributed by atoms with Crippen LogP contribution in [0.5, 0.6) is 0 Å². The number of rotatable bonds is 4. The fourth-order valence-electron chi connectivity index (χ4n) is 1.09. The number of hydrogen-bond donors (Lipinski definition) is 2. The van der Waals surface area contributed by atoms with Gasteiger partial charge in [0.25, 0.3) is 0 Å². The third-order valence-corrected chi connectivity index (χ3v) is 2.13. The average Bonchev–Trinajstić information content (AvgIpc) is 2.10. The van der Waals surface area contributed by atoms with Gasteiger partial charge in [0.15, 0.2) is 5.78 Å². The van der Waals surface area contributed by atoms with Crippen molar-refractivity contribution in [3.05, 3.63) is 0 Å². The minimum absolute atomic E-state index is 0.0287. The number of carbonyl (C=O) groups excluding carboxylic acids is 2. The molecule has 0 aromatic carbocycles. The van der Waals surface area contributed by atoms with Gasteiger partial charge in [-0.2, -0.15) is 0 Å². The molecule has 1 amide bonds. The summed E-state index contributed by atoms with van der Waals surface area (Å²) in [5.74, 6) is -0.297. The normalized spacial score (nSPS) is 13.8. The van der Waals surface area contributed by atoms with Crippen LogP contribution < -0.4 is 11.1 Å². The number of Topliss-reactive ketones (excluding diaryl/α,β-unsaturated/α-hetero) is 1. The zero-order valence-corrected chi connectivity index (χ0v) is 10.3. The maximum atomic E-state index is 11.9. The Bertz CT molecular complexity index is 241. The van der Waals surface area contributed by atoms with Crippen molar-refractivity contribution in [2.75, 3.05) is 6.54 Å². The van der Waals surface area contributed by atoms with Gasteiger partial charge in [0, 0.05) is 17.9 Å². The van der Waals surface area contributed by atoms with Crippen molar-refractivity contribution in [1.82, 2.24) is 5.32 Å². The van der Waals surface area contributed by atoms with Gasteiger partial charge < -0.3 is 11.1 Å². The summed E-state index contributed by atoms with van der Waals surface area (Å²) in [6.07, 6.45) is 0. The molecule has 0 saturated heterocycles. The third-order valence-electron chi connectivity index (χ3n) is 2.13. The topological polar surface area (TPSA) is 72.2 Å². The Labute approximate surface area is 91.6 Å². The van der Waals surface area contributed by atoms with Gasteiger partial charge in [0.2, 0.25) is 5.91 Å². The molecule has 88 valence electrons. The van der Waals surface area contributed by atoms with Crippen LogP contribution in [0, 0.1) is 11.3 Å². The fourth-order valence-corrected chi connectivity index (χ4v) is 1.09. The van der Waals surface area contributed by atoms with E-state index >= 15 is 0 Å². The molecule has 0 aromatic heterocycles. The van der Waals surface area contributed by atoms with E-state index in [9.17, 15) is 9.59 Å². The number of nitrogens with one attached hydrogen (secondary N) is 1. The maximum absolute atomic E-state index is 11.9. The summed E-state index contributed by atoms with van der Waals surface area (Å²) in [6, 6.07) is -0.570. The van der Waals surface area contributed by atoms with Gasteiger partial charge in [0.1, 0.15) is 6.04 Å². The second-order valence-electron chi connectivity index (χ2n) is 5.07. The van der Waals surface area contributed by atoms with E-state index in [4.69, 9.17) is 5.73 Å². The Hall–Kier alpha value is -0.900. The van der Waals surface area contributed by atoms with Crippen molar-refractivity contribution in [3.63, 3.8) is 0 Å². The van der Waals surface area contributed by atoms with Crippen LogP contribution in [0.15, 0.2) is 0 Å². The second kappa shape index (κ2) is 5.26. The highest BCUT2D eigenvalue weighted by molar-refractivity contribution is 5.92. The molecule has 0 rings (SSSR count). The Balaban J connectivity index is 4.52. The number of nitrogens with two attached hydrogens (primary N) is 1. The Morgan fingerprint density at radius 1 is 1.27 bits per heavy atom. The maximum Gasteiger partial charge on any atom is 0.223 e. The van der Waals surface area contributed by atoms with Gasteiger partial charge >= 0.3 is 0 Å². The van der Waals surface area contributed by atoms with E-state index in [1.165, 1.54) is 0 Å². The predicted molar refractivity (Wildman–Crippen MR) is 60.3 cm³/mol. The monoisotopic (exact) mass is 214 g/mol. The lowest BCUT2D eigenvalue weighted by Gasteiger charge is -2.25. The summed E-state index contributed by atoms with van der Waals surface area (Å²) in [7, 11) is 0.